The first-order valence-corrected chi connectivity index (χ1v) is 7.90. The van der Waals surface area contributed by atoms with Crippen molar-refractivity contribution in [2.75, 3.05) is 20.1 Å². The van der Waals surface area contributed by atoms with Gasteiger partial charge in [0.2, 0.25) is 15.9 Å². The van der Waals surface area contributed by atoms with Crippen LogP contribution in [-0.4, -0.2) is 43.9 Å². The molecule has 0 radical (unpaired) electrons. The molecule has 1 aliphatic rings. The fourth-order valence-electron chi connectivity index (χ4n) is 2.39. The number of amides is 1. The summed E-state index contributed by atoms with van der Waals surface area (Å²) in [5.74, 6) is -0.758. The van der Waals surface area contributed by atoms with E-state index in [1.807, 2.05) is 0 Å². The monoisotopic (exact) mass is 298 g/mol. The minimum absolute atomic E-state index is 0.113. The summed E-state index contributed by atoms with van der Waals surface area (Å²) in [6.07, 6.45) is 1.30. The Bertz CT molecular complexity index is 600. The van der Waals surface area contributed by atoms with E-state index in [0.717, 1.165) is 0 Å². The number of hydrogen-bond acceptors (Lipinski definition) is 4. The van der Waals surface area contributed by atoms with Gasteiger partial charge in [-0.05, 0) is 25.0 Å². The van der Waals surface area contributed by atoms with Crippen molar-refractivity contribution in [3.05, 3.63) is 24.3 Å². The van der Waals surface area contributed by atoms with Crippen LogP contribution in [0.1, 0.15) is 12.8 Å². The number of piperidine rings is 1. The summed E-state index contributed by atoms with van der Waals surface area (Å²) in [5, 5.41) is 12.3. The summed E-state index contributed by atoms with van der Waals surface area (Å²) >= 11 is 0. The molecule has 0 spiro atoms. The third-order valence-corrected chi connectivity index (χ3v) is 5.40. The van der Waals surface area contributed by atoms with Gasteiger partial charge in [0.05, 0.1) is 5.92 Å². The molecule has 1 atom stereocenters. The smallest absolute Gasteiger partial charge is 0.246 e. The van der Waals surface area contributed by atoms with Crippen LogP contribution in [0.3, 0.4) is 0 Å². The molecule has 2 N–H and O–H groups in total. The maximum absolute atomic E-state index is 12.5. The zero-order valence-corrected chi connectivity index (χ0v) is 12.1. The molecule has 1 aliphatic heterocycles. The lowest BCUT2D eigenvalue weighted by Crippen LogP contribution is -2.44. The predicted molar refractivity (Wildman–Crippen MR) is 73.7 cm³/mol. The van der Waals surface area contributed by atoms with Gasteiger partial charge in [-0.3, -0.25) is 4.79 Å². The second kappa shape index (κ2) is 5.80. The molecule has 0 saturated carbocycles. The lowest BCUT2D eigenvalue weighted by atomic mass is 9.99. The van der Waals surface area contributed by atoms with E-state index >= 15 is 0 Å². The summed E-state index contributed by atoms with van der Waals surface area (Å²) in [6, 6.07) is 5.84. The van der Waals surface area contributed by atoms with Crippen molar-refractivity contribution in [3.63, 3.8) is 0 Å². The van der Waals surface area contributed by atoms with Crippen molar-refractivity contribution in [1.29, 1.82) is 0 Å². The number of nitrogens with zero attached hydrogens (tertiary/aromatic N) is 1. The number of phenolic OH excluding ortho intramolecular Hbond substituents is 1. The Morgan fingerprint density at radius 2 is 2.10 bits per heavy atom. The van der Waals surface area contributed by atoms with Crippen LogP contribution >= 0.6 is 0 Å². The van der Waals surface area contributed by atoms with Crippen LogP contribution in [0, 0.1) is 5.92 Å². The third kappa shape index (κ3) is 2.78. The predicted octanol–water partition coefficient (Wildman–Crippen LogP) is 0.539. The Morgan fingerprint density at radius 1 is 1.40 bits per heavy atom. The normalized spacial score (nSPS) is 20.6. The molecule has 1 fully saturated rings. The van der Waals surface area contributed by atoms with Gasteiger partial charge < -0.3 is 10.4 Å². The van der Waals surface area contributed by atoms with Crippen molar-refractivity contribution in [2.45, 2.75) is 17.7 Å². The first-order valence-electron chi connectivity index (χ1n) is 6.46. The first-order chi connectivity index (χ1) is 9.46. The van der Waals surface area contributed by atoms with E-state index in [4.69, 9.17) is 0 Å². The highest BCUT2D eigenvalue weighted by molar-refractivity contribution is 7.89. The van der Waals surface area contributed by atoms with Gasteiger partial charge in [0, 0.05) is 20.1 Å². The average molecular weight is 298 g/mol. The molecule has 1 aromatic rings. The number of carbonyl (C=O) groups excluding carboxylic acids is 1. The maximum Gasteiger partial charge on any atom is 0.246 e. The van der Waals surface area contributed by atoms with Crippen molar-refractivity contribution in [3.8, 4) is 5.75 Å². The highest BCUT2D eigenvalue weighted by Crippen LogP contribution is 2.28. The number of benzene rings is 1. The zero-order chi connectivity index (χ0) is 14.8. The van der Waals surface area contributed by atoms with Crippen molar-refractivity contribution in [1.82, 2.24) is 9.62 Å². The molecule has 7 heteroatoms. The lowest BCUT2D eigenvalue weighted by molar-refractivity contribution is -0.125. The number of carbonyl (C=O) groups is 1. The quantitative estimate of drug-likeness (QED) is 0.852. The van der Waals surface area contributed by atoms with Gasteiger partial charge in [0.25, 0.3) is 0 Å². The van der Waals surface area contributed by atoms with Gasteiger partial charge in [0.15, 0.2) is 0 Å². The van der Waals surface area contributed by atoms with Gasteiger partial charge >= 0.3 is 0 Å². The lowest BCUT2D eigenvalue weighted by Gasteiger charge is -2.31. The molecule has 1 saturated heterocycles. The summed E-state index contributed by atoms with van der Waals surface area (Å²) < 4.78 is 26.3. The van der Waals surface area contributed by atoms with Crippen LogP contribution in [0.15, 0.2) is 29.2 Å². The molecule has 110 valence electrons. The minimum Gasteiger partial charge on any atom is -0.507 e. The number of phenols is 1. The molecule has 0 aliphatic carbocycles. The molecule has 1 aromatic carbocycles. The molecular weight excluding hydrogens is 280 g/mol. The fraction of sp³-hybridized carbons (Fsp3) is 0.462. The topological polar surface area (TPSA) is 86.7 Å². The molecule has 20 heavy (non-hydrogen) atoms. The van der Waals surface area contributed by atoms with E-state index < -0.39 is 10.0 Å². The highest BCUT2D eigenvalue weighted by atomic mass is 32.2. The number of aromatic hydroxyl groups is 1. The molecule has 0 bridgehead atoms. The zero-order valence-electron chi connectivity index (χ0n) is 11.2. The van der Waals surface area contributed by atoms with Gasteiger partial charge in [-0.1, -0.05) is 12.1 Å². The van der Waals surface area contributed by atoms with Crippen LogP contribution in [0.2, 0.25) is 0 Å². The van der Waals surface area contributed by atoms with E-state index in [2.05, 4.69) is 5.32 Å². The van der Waals surface area contributed by atoms with Crippen LogP contribution in [-0.2, 0) is 14.8 Å². The first kappa shape index (κ1) is 14.8. The maximum atomic E-state index is 12.5. The summed E-state index contributed by atoms with van der Waals surface area (Å²) in [7, 11) is -2.22. The summed E-state index contributed by atoms with van der Waals surface area (Å²) in [4.78, 5) is 11.5. The fourth-order valence-corrected chi connectivity index (χ4v) is 4.00. The molecule has 0 aromatic heterocycles. The number of sulfonamides is 1. The Morgan fingerprint density at radius 3 is 2.75 bits per heavy atom. The van der Waals surface area contributed by atoms with E-state index in [-0.39, 0.29) is 29.0 Å². The van der Waals surface area contributed by atoms with Crippen molar-refractivity contribution in [2.24, 2.45) is 5.92 Å². The Hall–Kier alpha value is -1.60. The van der Waals surface area contributed by atoms with E-state index in [9.17, 15) is 18.3 Å². The summed E-state index contributed by atoms with van der Waals surface area (Å²) in [6.45, 7) is 0.514. The average Bonchev–Trinajstić information content (AvgIpc) is 2.47. The number of hydrogen-bond donors (Lipinski definition) is 2. The van der Waals surface area contributed by atoms with Gasteiger partial charge in [-0.15, -0.1) is 0 Å². The van der Waals surface area contributed by atoms with E-state index in [0.29, 0.717) is 19.4 Å². The second-order valence-electron chi connectivity index (χ2n) is 4.78. The molecule has 1 heterocycles. The minimum atomic E-state index is -3.76. The molecule has 6 nitrogen and oxygen atoms in total. The third-order valence-electron chi connectivity index (χ3n) is 3.48. The molecule has 1 amide bonds. The van der Waals surface area contributed by atoms with Gasteiger partial charge in [-0.2, -0.15) is 4.31 Å². The Labute approximate surface area is 118 Å². The van der Waals surface area contributed by atoms with E-state index in [1.54, 1.807) is 19.2 Å². The number of rotatable bonds is 3. The second-order valence-corrected chi connectivity index (χ2v) is 6.69. The SMILES string of the molecule is CNC(=O)C1CCCN(S(=O)(=O)c2ccccc2O)C1. The molecular formula is C13H18N2O4S. The molecule has 1 unspecified atom stereocenters. The largest absolute Gasteiger partial charge is 0.507 e. The highest BCUT2D eigenvalue weighted by Gasteiger charge is 2.34. The van der Waals surface area contributed by atoms with Crippen molar-refractivity contribution < 1.29 is 18.3 Å². The van der Waals surface area contributed by atoms with E-state index in [1.165, 1.54) is 16.4 Å². The number of nitrogens with one attached hydrogen (secondary N) is 1. The van der Waals surface area contributed by atoms with Gasteiger partial charge in [-0.25, -0.2) is 8.42 Å². The van der Waals surface area contributed by atoms with Crippen LogP contribution < -0.4 is 5.32 Å². The Kier molecular flexibility index (Phi) is 4.29. The molecule has 2 rings (SSSR count). The number of para-hydroxylation sites is 1. The standard InChI is InChI=1S/C13H18N2O4S/c1-14-13(17)10-5-4-8-15(9-10)20(18,19)12-7-3-2-6-11(12)16/h2-3,6-7,10,16H,4-5,8-9H2,1H3,(H,14,17). The van der Waals surface area contributed by atoms with Crippen molar-refractivity contribution >= 4 is 15.9 Å². The summed E-state index contributed by atoms with van der Waals surface area (Å²) in [5.41, 5.74) is 0. The van der Waals surface area contributed by atoms with Gasteiger partial charge in [0.1, 0.15) is 10.6 Å². The van der Waals surface area contributed by atoms with Crippen LogP contribution in [0.4, 0.5) is 0 Å². The van der Waals surface area contributed by atoms with Crippen LogP contribution in [0.5, 0.6) is 5.75 Å². The van der Waals surface area contributed by atoms with Crippen LogP contribution in [0.25, 0.3) is 0 Å². The Balaban J connectivity index is 2.26.